The lowest BCUT2D eigenvalue weighted by Gasteiger charge is -2.12. The molecule has 0 saturated carbocycles. The highest BCUT2D eigenvalue weighted by Gasteiger charge is 2.22. The minimum absolute atomic E-state index is 0.270. The molecule has 3 rings (SSSR count). The van der Waals surface area contributed by atoms with Gasteiger partial charge in [-0.05, 0) is 49.4 Å². The number of aromatic nitrogens is 1. The molecule has 11 heteroatoms. The number of amidine groups is 1. The van der Waals surface area contributed by atoms with E-state index in [1.54, 1.807) is 36.4 Å². The smallest absolute Gasteiger partial charge is 0.410 e. The monoisotopic (exact) mass is 487 g/mol. The average molecular weight is 488 g/mol. The van der Waals surface area contributed by atoms with Crippen molar-refractivity contribution >= 4 is 46.3 Å². The third-order valence-corrected chi connectivity index (χ3v) is 5.07. The van der Waals surface area contributed by atoms with E-state index in [2.05, 4.69) is 15.0 Å². The lowest BCUT2D eigenvalue weighted by Crippen LogP contribution is -2.39. The van der Waals surface area contributed by atoms with E-state index in [4.69, 9.17) is 26.2 Å². The van der Waals surface area contributed by atoms with Gasteiger partial charge in [-0.15, -0.1) is 0 Å². The molecule has 0 spiro atoms. The van der Waals surface area contributed by atoms with Crippen molar-refractivity contribution < 1.29 is 34.1 Å². The standard InChI is InChI=1S/C23H22ClN3O7/c1-12-15(10-11-34-22(29)21(27-33-3)26-23(30)31)18-16(25-12)8-9-17(32-2)19(18)20(28)13-4-6-14(24)7-5-13/h4-11,22,25,29H,1-3H3,(H,26,27)(H,30,31). The number of carbonyl (C=O) groups is 2. The number of carboxylic acid groups (broad SMARTS) is 1. The number of fused-ring (bicyclic) bond motifs is 1. The summed E-state index contributed by atoms with van der Waals surface area (Å²) < 4.78 is 10.7. The number of rotatable bonds is 8. The van der Waals surface area contributed by atoms with Gasteiger partial charge < -0.3 is 29.5 Å². The first-order valence-corrected chi connectivity index (χ1v) is 10.2. The van der Waals surface area contributed by atoms with Gasteiger partial charge in [0.2, 0.25) is 5.84 Å². The number of amides is 1. The average Bonchev–Trinajstić information content (AvgIpc) is 3.12. The lowest BCUT2D eigenvalue weighted by molar-refractivity contribution is 0.000518. The SMILES string of the molecule is CON=C(NC(=O)O)C(O)OC=Cc1c(C)[nH]c2ccc(OC)c(C(=O)c3ccc(Cl)cc3)c12. The van der Waals surface area contributed by atoms with Gasteiger partial charge >= 0.3 is 6.09 Å². The second-order valence-corrected chi connectivity index (χ2v) is 7.38. The van der Waals surface area contributed by atoms with E-state index in [0.29, 0.717) is 38.4 Å². The summed E-state index contributed by atoms with van der Waals surface area (Å²) in [6.45, 7) is 1.81. The van der Waals surface area contributed by atoms with Crippen LogP contribution >= 0.6 is 11.6 Å². The molecule has 0 aliphatic heterocycles. The number of aromatic amines is 1. The van der Waals surface area contributed by atoms with Gasteiger partial charge in [-0.2, -0.15) is 0 Å². The van der Waals surface area contributed by atoms with Crippen LogP contribution in [-0.2, 0) is 9.57 Å². The van der Waals surface area contributed by atoms with Crippen LogP contribution in [-0.4, -0.2) is 53.4 Å². The summed E-state index contributed by atoms with van der Waals surface area (Å²) in [5.74, 6) is -0.355. The van der Waals surface area contributed by atoms with Gasteiger partial charge in [0.25, 0.3) is 6.29 Å². The topological polar surface area (TPSA) is 142 Å². The van der Waals surface area contributed by atoms with E-state index < -0.39 is 18.2 Å². The van der Waals surface area contributed by atoms with Crippen molar-refractivity contribution in [3.8, 4) is 5.75 Å². The zero-order valence-electron chi connectivity index (χ0n) is 18.5. The third-order valence-electron chi connectivity index (χ3n) is 4.82. The fourth-order valence-electron chi connectivity index (χ4n) is 3.36. The summed E-state index contributed by atoms with van der Waals surface area (Å²) in [6.07, 6.45) is -0.513. The van der Waals surface area contributed by atoms with E-state index in [-0.39, 0.29) is 5.78 Å². The van der Waals surface area contributed by atoms with Crippen LogP contribution in [0.5, 0.6) is 5.75 Å². The number of aliphatic hydroxyl groups is 1. The van der Waals surface area contributed by atoms with E-state index in [9.17, 15) is 14.7 Å². The van der Waals surface area contributed by atoms with Gasteiger partial charge in [0.15, 0.2) is 5.78 Å². The number of aryl methyl sites for hydroxylation is 1. The molecule has 1 amide bonds. The normalized spacial score (nSPS) is 12.6. The first-order chi connectivity index (χ1) is 16.3. The number of benzene rings is 2. The summed E-state index contributed by atoms with van der Waals surface area (Å²) in [4.78, 5) is 32.0. The Morgan fingerprint density at radius 3 is 2.50 bits per heavy atom. The molecule has 0 radical (unpaired) electrons. The summed E-state index contributed by atoms with van der Waals surface area (Å²) in [5.41, 5.74) is 2.77. The van der Waals surface area contributed by atoms with Crippen LogP contribution in [0.3, 0.4) is 0 Å². The van der Waals surface area contributed by atoms with Crippen molar-refractivity contribution in [2.24, 2.45) is 5.16 Å². The molecule has 1 unspecified atom stereocenters. The summed E-state index contributed by atoms with van der Waals surface area (Å²) in [7, 11) is 2.66. The van der Waals surface area contributed by atoms with E-state index in [1.165, 1.54) is 20.3 Å². The number of halogens is 1. The third kappa shape index (κ3) is 5.30. The molecule has 1 heterocycles. The first kappa shape index (κ1) is 24.6. The van der Waals surface area contributed by atoms with Gasteiger partial charge in [-0.1, -0.05) is 16.8 Å². The summed E-state index contributed by atoms with van der Waals surface area (Å²) >= 11 is 5.96. The van der Waals surface area contributed by atoms with Crippen LogP contribution in [0.15, 0.2) is 47.8 Å². The predicted molar refractivity (Wildman–Crippen MR) is 126 cm³/mol. The summed E-state index contributed by atoms with van der Waals surface area (Å²) in [5, 5.41) is 25.3. The molecule has 0 saturated heterocycles. The Labute approximate surface area is 199 Å². The number of aliphatic hydroxyl groups excluding tert-OH is 1. The molecule has 1 atom stereocenters. The van der Waals surface area contributed by atoms with Crippen LogP contribution in [0.4, 0.5) is 4.79 Å². The molecule has 178 valence electrons. The first-order valence-electron chi connectivity index (χ1n) is 9.87. The molecule has 0 aliphatic carbocycles. The zero-order chi connectivity index (χ0) is 24.8. The molecule has 3 aromatic rings. The highest BCUT2D eigenvalue weighted by Crippen LogP contribution is 2.35. The van der Waals surface area contributed by atoms with E-state index in [0.717, 1.165) is 12.0 Å². The number of oxime groups is 1. The van der Waals surface area contributed by atoms with Gasteiger partial charge in [0.1, 0.15) is 12.9 Å². The van der Waals surface area contributed by atoms with Crippen molar-refractivity contribution in [1.29, 1.82) is 0 Å². The minimum atomic E-state index is -1.75. The number of ether oxygens (including phenoxy) is 2. The van der Waals surface area contributed by atoms with Crippen LogP contribution in [0.25, 0.3) is 17.0 Å². The lowest BCUT2D eigenvalue weighted by atomic mass is 9.96. The number of hydrogen-bond donors (Lipinski definition) is 4. The largest absolute Gasteiger partial charge is 0.496 e. The van der Waals surface area contributed by atoms with Crippen LogP contribution in [0.2, 0.25) is 5.02 Å². The molecule has 0 fully saturated rings. The number of H-pyrrole nitrogens is 1. The molecule has 2 aromatic carbocycles. The highest BCUT2D eigenvalue weighted by atomic mass is 35.5. The number of carbonyl (C=O) groups excluding carboxylic acids is 1. The number of hydrogen-bond acceptors (Lipinski definition) is 7. The van der Waals surface area contributed by atoms with Gasteiger partial charge in [-0.25, -0.2) is 4.79 Å². The maximum atomic E-state index is 13.4. The Morgan fingerprint density at radius 1 is 1.18 bits per heavy atom. The second-order valence-electron chi connectivity index (χ2n) is 6.95. The molecule has 10 nitrogen and oxygen atoms in total. The van der Waals surface area contributed by atoms with Crippen molar-refractivity contribution in [2.75, 3.05) is 14.2 Å². The zero-order valence-corrected chi connectivity index (χ0v) is 19.2. The van der Waals surface area contributed by atoms with Gasteiger partial charge in [0, 0.05) is 32.7 Å². The van der Waals surface area contributed by atoms with Crippen molar-refractivity contribution in [3.05, 3.63) is 70.1 Å². The number of methoxy groups -OCH3 is 1. The highest BCUT2D eigenvalue weighted by molar-refractivity contribution is 6.30. The van der Waals surface area contributed by atoms with Crippen molar-refractivity contribution in [2.45, 2.75) is 13.2 Å². The maximum Gasteiger partial charge on any atom is 0.410 e. The Hall–Kier alpha value is -4.02. The minimum Gasteiger partial charge on any atom is -0.496 e. The van der Waals surface area contributed by atoms with Crippen LogP contribution in [0, 0.1) is 6.92 Å². The molecule has 4 N–H and O–H groups in total. The molecular formula is C23H22ClN3O7. The predicted octanol–water partition coefficient (Wildman–Crippen LogP) is 3.90. The van der Waals surface area contributed by atoms with Crippen molar-refractivity contribution in [1.82, 2.24) is 10.3 Å². The Bertz CT molecular complexity index is 1270. The fourth-order valence-corrected chi connectivity index (χ4v) is 3.48. The molecule has 0 bridgehead atoms. The fraction of sp³-hybridized carbons (Fsp3) is 0.174. The van der Waals surface area contributed by atoms with Crippen LogP contribution in [0.1, 0.15) is 27.2 Å². The second kappa shape index (κ2) is 10.7. The maximum absolute atomic E-state index is 13.4. The number of ketones is 1. The van der Waals surface area contributed by atoms with Crippen molar-refractivity contribution in [3.63, 3.8) is 0 Å². The molecule has 0 aliphatic rings. The molecule has 34 heavy (non-hydrogen) atoms. The van der Waals surface area contributed by atoms with Crippen LogP contribution < -0.4 is 10.1 Å². The van der Waals surface area contributed by atoms with E-state index in [1.807, 2.05) is 12.2 Å². The number of nitrogens with zero attached hydrogens (tertiary/aromatic N) is 1. The molecule has 1 aromatic heterocycles. The summed E-state index contributed by atoms with van der Waals surface area (Å²) in [6, 6.07) is 9.99. The molecular weight excluding hydrogens is 466 g/mol. The van der Waals surface area contributed by atoms with Gasteiger partial charge in [-0.3, -0.25) is 10.1 Å². The Morgan fingerprint density at radius 2 is 1.88 bits per heavy atom. The van der Waals surface area contributed by atoms with E-state index >= 15 is 0 Å². The number of nitrogens with one attached hydrogen (secondary N) is 2. The van der Waals surface area contributed by atoms with Gasteiger partial charge in [0.05, 0.1) is 18.9 Å². The quantitative estimate of drug-likeness (QED) is 0.0942. The Balaban J connectivity index is 2.02. The Kier molecular flexibility index (Phi) is 7.77.